The van der Waals surface area contributed by atoms with Gasteiger partial charge in [0, 0.05) is 6.54 Å². The van der Waals surface area contributed by atoms with E-state index in [1.54, 1.807) is 6.92 Å². The summed E-state index contributed by atoms with van der Waals surface area (Å²) in [7, 11) is 0. The Balaban J connectivity index is 1.74. The maximum absolute atomic E-state index is 14.8. The number of rotatable bonds is 5. The molecule has 3 N–H and O–H groups in total. The molecule has 162 valence electrons. The van der Waals surface area contributed by atoms with Gasteiger partial charge < -0.3 is 20.4 Å². The molecule has 4 rings (SSSR count). The molecule has 3 aromatic rings. The highest BCUT2D eigenvalue weighted by Gasteiger charge is 2.34. The van der Waals surface area contributed by atoms with Crippen LogP contribution in [0.25, 0.3) is 0 Å². The van der Waals surface area contributed by atoms with E-state index in [1.165, 1.54) is 6.07 Å². The van der Waals surface area contributed by atoms with Crippen LogP contribution >= 0.6 is 0 Å². The van der Waals surface area contributed by atoms with Gasteiger partial charge in [-0.3, -0.25) is 14.4 Å². The molecule has 2 aromatic carbocycles. The Hall–Kier alpha value is -3.42. The summed E-state index contributed by atoms with van der Waals surface area (Å²) in [5.41, 5.74) is -0.485. The minimum Gasteiger partial charge on any atom is -0.464 e. The van der Waals surface area contributed by atoms with E-state index >= 15 is 0 Å². The number of halogens is 1. The fraction of sp³-hybridized carbons (Fsp3) is 0.348. The van der Waals surface area contributed by atoms with Crippen LogP contribution in [0.2, 0.25) is 0 Å². The highest BCUT2D eigenvalue weighted by atomic mass is 19.1. The minimum atomic E-state index is -0.766. The van der Waals surface area contributed by atoms with Gasteiger partial charge in [0.15, 0.2) is 0 Å². The second-order valence-electron chi connectivity index (χ2n) is 9.01. The van der Waals surface area contributed by atoms with Gasteiger partial charge in [-0.25, -0.2) is 4.39 Å². The van der Waals surface area contributed by atoms with Crippen molar-refractivity contribution in [2.24, 2.45) is 5.41 Å². The van der Waals surface area contributed by atoms with Crippen LogP contribution in [0, 0.1) is 25.1 Å². The normalized spacial score (nSPS) is 14.5. The standard InChI is InChI=1S/C23H24FN3O4/c1-10-8-13(24)16(15-12(10)9-25-22(15)30)26-17-18(20(29)19(17)28)27-21(23(3,4)5)14-7-6-11(2)31-14/h6-8,21,26-27H,9H2,1-5H3,(H,25,30)/t21-/m0/s1. The Kier molecular flexibility index (Phi) is 4.76. The van der Waals surface area contributed by atoms with Crippen molar-refractivity contribution in [2.45, 2.75) is 47.2 Å². The zero-order valence-corrected chi connectivity index (χ0v) is 18.0. The number of furan rings is 1. The number of carbonyl (C=O) groups excluding carboxylic acids is 1. The zero-order chi connectivity index (χ0) is 22.7. The number of aryl methyl sites for hydroxylation is 2. The van der Waals surface area contributed by atoms with Crippen molar-refractivity contribution in [2.75, 3.05) is 10.6 Å². The number of hydrogen-bond donors (Lipinski definition) is 3. The molecule has 0 spiro atoms. The lowest BCUT2D eigenvalue weighted by Gasteiger charge is -2.31. The summed E-state index contributed by atoms with van der Waals surface area (Å²) >= 11 is 0. The molecule has 31 heavy (non-hydrogen) atoms. The minimum absolute atomic E-state index is 0.0473. The van der Waals surface area contributed by atoms with Crippen LogP contribution in [0.4, 0.5) is 21.5 Å². The van der Waals surface area contributed by atoms with Gasteiger partial charge in [0.05, 0.1) is 17.3 Å². The van der Waals surface area contributed by atoms with Crippen molar-refractivity contribution in [3.63, 3.8) is 0 Å². The van der Waals surface area contributed by atoms with E-state index in [-0.39, 0.29) is 34.6 Å². The number of benzene rings is 1. The Labute approximate surface area is 178 Å². The van der Waals surface area contributed by atoms with Crippen molar-refractivity contribution in [1.29, 1.82) is 0 Å². The average molecular weight is 425 g/mol. The van der Waals surface area contributed by atoms with Crippen molar-refractivity contribution in [3.8, 4) is 0 Å². The molecular weight excluding hydrogens is 401 g/mol. The van der Waals surface area contributed by atoms with Gasteiger partial charge in [-0.15, -0.1) is 0 Å². The highest BCUT2D eigenvalue weighted by molar-refractivity contribution is 6.05. The predicted octanol–water partition coefficient (Wildman–Crippen LogP) is 3.82. The molecule has 0 aliphatic carbocycles. The van der Waals surface area contributed by atoms with Gasteiger partial charge in [-0.2, -0.15) is 0 Å². The molecule has 0 radical (unpaired) electrons. The Morgan fingerprint density at radius 2 is 1.74 bits per heavy atom. The maximum atomic E-state index is 14.8. The summed E-state index contributed by atoms with van der Waals surface area (Å²) in [6.45, 7) is 9.73. The van der Waals surface area contributed by atoms with E-state index < -0.39 is 28.6 Å². The fourth-order valence-corrected chi connectivity index (χ4v) is 3.92. The summed E-state index contributed by atoms with van der Waals surface area (Å²) in [5, 5.41) is 8.51. The molecule has 1 aromatic heterocycles. The van der Waals surface area contributed by atoms with Gasteiger partial charge >= 0.3 is 0 Å². The molecule has 0 saturated heterocycles. The van der Waals surface area contributed by atoms with Gasteiger partial charge in [-0.1, -0.05) is 20.8 Å². The van der Waals surface area contributed by atoms with E-state index in [2.05, 4.69) is 16.0 Å². The first-order valence-electron chi connectivity index (χ1n) is 10.0. The van der Waals surface area contributed by atoms with E-state index in [4.69, 9.17) is 4.42 Å². The maximum Gasteiger partial charge on any atom is 0.254 e. The van der Waals surface area contributed by atoms with E-state index in [0.717, 1.165) is 5.76 Å². The van der Waals surface area contributed by atoms with Gasteiger partial charge in [0.2, 0.25) is 0 Å². The topological polar surface area (TPSA) is 100 Å². The summed E-state index contributed by atoms with van der Waals surface area (Å²) in [6, 6.07) is 4.53. The quantitative estimate of drug-likeness (QED) is 0.538. The number of fused-ring (bicyclic) bond motifs is 1. The largest absolute Gasteiger partial charge is 0.464 e. The third-order valence-corrected chi connectivity index (χ3v) is 5.62. The Morgan fingerprint density at radius 1 is 1.06 bits per heavy atom. The molecule has 2 heterocycles. The average Bonchev–Trinajstić information content (AvgIpc) is 3.28. The summed E-state index contributed by atoms with van der Waals surface area (Å²) in [6.07, 6.45) is 0. The van der Waals surface area contributed by atoms with Crippen molar-refractivity contribution >= 4 is 23.0 Å². The van der Waals surface area contributed by atoms with Crippen LogP contribution in [0.15, 0.2) is 32.2 Å². The molecule has 1 amide bonds. The number of anilines is 3. The predicted molar refractivity (Wildman–Crippen MR) is 116 cm³/mol. The van der Waals surface area contributed by atoms with Crippen LogP contribution < -0.4 is 26.8 Å². The fourth-order valence-electron chi connectivity index (χ4n) is 3.92. The number of amides is 1. The zero-order valence-electron chi connectivity index (χ0n) is 18.0. The Bertz CT molecular complexity index is 1280. The first-order valence-corrected chi connectivity index (χ1v) is 10.0. The molecule has 8 heteroatoms. The monoisotopic (exact) mass is 425 g/mol. The van der Waals surface area contributed by atoms with Crippen LogP contribution in [0.5, 0.6) is 0 Å². The summed E-state index contributed by atoms with van der Waals surface area (Å²) in [4.78, 5) is 37.0. The third-order valence-electron chi connectivity index (χ3n) is 5.62. The number of nitrogens with one attached hydrogen (secondary N) is 3. The second-order valence-corrected chi connectivity index (χ2v) is 9.01. The lowest BCUT2D eigenvalue weighted by molar-refractivity contribution is 0.0966. The Morgan fingerprint density at radius 3 is 2.35 bits per heavy atom. The van der Waals surface area contributed by atoms with Gasteiger partial charge in [0.1, 0.15) is 28.7 Å². The smallest absolute Gasteiger partial charge is 0.254 e. The van der Waals surface area contributed by atoms with Crippen molar-refractivity contribution in [1.82, 2.24) is 5.32 Å². The van der Waals surface area contributed by atoms with Gasteiger partial charge in [-0.05, 0) is 48.6 Å². The van der Waals surface area contributed by atoms with Crippen LogP contribution in [0.3, 0.4) is 0 Å². The molecular formula is C23H24FN3O4. The third kappa shape index (κ3) is 3.41. The van der Waals surface area contributed by atoms with Crippen LogP contribution in [0.1, 0.15) is 59.8 Å². The molecule has 1 atom stereocenters. The van der Waals surface area contributed by atoms with Crippen LogP contribution in [-0.2, 0) is 6.54 Å². The second kappa shape index (κ2) is 7.08. The summed E-state index contributed by atoms with van der Waals surface area (Å²) in [5.74, 6) is 0.247. The molecule has 1 aliphatic heterocycles. The number of carbonyl (C=O) groups is 1. The summed E-state index contributed by atoms with van der Waals surface area (Å²) < 4.78 is 20.5. The highest BCUT2D eigenvalue weighted by Crippen LogP contribution is 2.39. The molecule has 0 unspecified atom stereocenters. The lowest BCUT2D eigenvalue weighted by Crippen LogP contribution is -2.39. The van der Waals surface area contributed by atoms with Crippen molar-refractivity contribution < 1.29 is 13.6 Å². The first kappa shape index (κ1) is 20.8. The van der Waals surface area contributed by atoms with E-state index in [9.17, 15) is 18.8 Å². The van der Waals surface area contributed by atoms with E-state index in [0.29, 0.717) is 16.9 Å². The molecule has 0 bridgehead atoms. The SMILES string of the molecule is Cc1ccc([C@H](Nc2c(Nc3c(F)cc(C)c4c3C(=O)NC4)c(=O)c2=O)C(C)(C)C)o1. The number of hydrogen-bond acceptors (Lipinski definition) is 6. The van der Waals surface area contributed by atoms with Crippen LogP contribution in [-0.4, -0.2) is 5.91 Å². The molecule has 7 nitrogen and oxygen atoms in total. The molecule has 0 saturated carbocycles. The molecule has 0 fully saturated rings. The van der Waals surface area contributed by atoms with E-state index in [1.807, 2.05) is 39.8 Å². The molecule has 1 aliphatic rings. The van der Waals surface area contributed by atoms with Crippen molar-refractivity contribution in [3.05, 3.63) is 72.7 Å². The lowest BCUT2D eigenvalue weighted by atomic mass is 9.84. The first-order chi connectivity index (χ1) is 14.5. The van der Waals surface area contributed by atoms with Gasteiger partial charge in [0.25, 0.3) is 16.8 Å².